The van der Waals surface area contributed by atoms with E-state index in [1.807, 2.05) is 0 Å². The number of fused-ring (bicyclic) bond motifs is 1. The van der Waals surface area contributed by atoms with Crippen molar-refractivity contribution in [3.05, 3.63) is 40.2 Å². The average molecular weight is 302 g/mol. The standard InChI is InChI=1S/C14H14N4O4/c1-22-14(19)11-3-2-8-17-13(11)15-12(16-17)9-4-6-10(7-5-9)18(20)21/h4-7,11H,2-3,8H2,1H3. The minimum atomic E-state index is -0.456. The van der Waals surface area contributed by atoms with Gasteiger partial charge in [-0.15, -0.1) is 0 Å². The molecule has 8 nitrogen and oxygen atoms in total. The molecule has 2 heterocycles. The minimum Gasteiger partial charge on any atom is -0.468 e. The molecule has 0 N–H and O–H groups in total. The van der Waals surface area contributed by atoms with Gasteiger partial charge in [-0.3, -0.25) is 14.9 Å². The number of non-ortho nitro benzene ring substituents is 1. The van der Waals surface area contributed by atoms with Gasteiger partial charge in [-0.05, 0) is 25.0 Å². The van der Waals surface area contributed by atoms with Crippen molar-refractivity contribution in [1.29, 1.82) is 0 Å². The number of benzene rings is 1. The predicted molar refractivity (Wildman–Crippen MR) is 76.1 cm³/mol. The van der Waals surface area contributed by atoms with Gasteiger partial charge in [-0.2, -0.15) is 5.10 Å². The van der Waals surface area contributed by atoms with Gasteiger partial charge in [-0.1, -0.05) is 0 Å². The molecule has 22 heavy (non-hydrogen) atoms. The number of carbonyl (C=O) groups excluding carboxylic acids is 1. The third-order valence-electron chi connectivity index (χ3n) is 3.70. The summed E-state index contributed by atoms with van der Waals surface area (Å²) in [6.45, 7) is 0.697. The number of nitro benzene ring substituents is 1. The summed E-state index contributed by atoms with van der Waals surface area (Å²) in [7, 11) is 1.36. The van der Waals surface area contributed by atoms with Crippen LogP contribution in [-0.4, -0.2) is 32.8 Å². The van der Waals surface area contributed by atoms with Gasteiger partial charge in [0.1, 0.15) is 11.7 Å². The first-order valence-corrected chi connectivity index (χ1v) is 6.87. The predicted octanol–water partition coefficient (Wildman–Crippen LogP) is 1.90. The third-order valence-corrected chi connectivity index (χ3v) is 3.70. The van der Waals surface area contributed by atoms with Crippen LogP contribution in [0.4, 0.5) is 5.69 Å². The third kappa shape index (κ3) is 2.43. The zero-order valence-electron chi connectivity index (χ0n) is 11.9. The fourth-order valence-corrected chi connectivity index (χ4v) is 2.57. The van der Waals surface area contributed by atoms with E-state index in [0.29, 0.717) is 30.2 Å². The first-order valence-electron chi connectivity index (χ1n) is 6.87. The van der Waals surface area contributed by atoms with Gasteiger partial charge in [0.05, 0.1) is 12.0 Å². The molecule has 1 unspecified atom stereocenters. The maximum Gasteiger partial charge on any atom is 0.316 e. The Labute approximate surface area is 125 Å². The van der Waals surface area contributed by atoms with E-state index in [1.165, 1.54) is 19.2 Å². The molecular formula is C14H14N4O4. The van der Waals surface area contributed by atoms with Crippen molar-refractivity contribution in [3.8, 4) is 11.4 Å². The largest absolute Gasteiger partial charge is 0.468 e. The zero-order chi connectivity index (χ0) is 15.7. The highest BCUT2D eigenvalue weighted by Gasteiger charge is 2.31. The highest BCUT2D eigenvalue weighted by Crippen LogP contribution is 2.29. The zero-order valence-corrected chi connectivity index (χ0v) is 11.9. The molecule has 114 valence electrons. The van der Waals surface area contributed by atoms with E-state index in [2.05, 4.69) is 10.1 Å². The number of rotatable bonds is 3. The first-order chi connectivity index (χ1) is 10.6. The monoisotopic (exact) mass is 302 g/mol. The Balaban J connectivity index is 1.95. The average Bonchev–Trinajstić information content (AvgIpc) is 2.98. The summed E-state index contributed by atoms with van der Waals surface area (Å²) in [5.41, 5.74) is 0.691. The number of nitro groups is 1. The van der Waals surface area contributed by atoms with Crippen LogP contribution < -0.4 is 0 Å². The van der Waals surface area contributed by atoms with Crippen LogP contribution in [0.3, 0.4) is 0 Å². The van der Waals surface area contributed by atoms with E-state index in [9.17, 15) is 14.9 Å². The molecule has 1 aromatic heterocycles. The number of esters is 1. The van der Waals surface area contributed by atoms with Gasteiger partial charge in [0.25, 0.3) is 5.69 Å². The number of aryl methyl sites for hydroxylation is 1. The van der Waals surface area contributed by atoms with Crippen LogP contribution in [0.15, 0.2) is 24.3 Å². The molecule has 2 aromatic rings. The maximum absolute atomic E-state index is 11.8. The van der Waals surface area contributed by atoms with Crippen molar-refractivity contribution in [2.75, 3.05) is 7.11 Å². The number of hydrogen-bond donors (Lipinski definition) is 0. The van der Waals surface area contributed by atoms with E-state index >= 15 is 0 Å². The molecule has 8 heteroatoms. The number of aromatic nitrogens is 3. The molecule has 1 aromatic carbocycles. The van der Waals surface area contributed by atoms with E-state index in [4.69, 9.17) is 4.74 Å². The molecule has 0 bridgehead atoms. The van der Waals surface area contributed by atoms with Gasteiger partial charge in [0.15, 0.2) is 5.82 Å². The lowest BCUT2D eigenvalue weighted by Crippen LogP contribution is -2.24. The quantitative estimate of drug-likeness (QED) is 0.487. The van der Waals surface area contributed by atoms with Crippen molar-refractivity contribution < 1.29 is 14.5 Å². The molecule has 0 saturated heterocycles. The molecule has 1 atom stereocenters. The lowest BCUT2D eigenvalue weighted by molar-refractivity contribution is -0.384. The Hall–Kier alpha value is -2.77. The number of hydrogen-bond acceptors (Lipinski definition) is 6. The molecular weight excluding hydrogens is 288 g/mol. The lowest BCUT2D eigenvalue weighted by atomic mass is 9.99. The molecule has 0 spiro atoms. The van der Waals surface area contributed by atoms with Gasteiger partial charge in [0, 0.05) is 24.2 Å². The second-order valence-electron chi connectivity index (χ2n) is 5.04. The molecule has 3 rings (SSSR count). The fourth-order valence-electron chi connectivity index (χ4n) is 2.57. The van der Waals surface area contributed by atoms with E-state index < -0.39 is 10.8 Å². The van der Waals surface area contributed by atoms with Gasteiger partial charge in [-0.25, -0.2) is 9.67 Å². The molecule has 0 radical (unpaired) electrons. The summed E-state index contributed by atoms with van der Waals surface area (Å²) < 4.78 is 6.52. The van der Waals surface area contributed by atoms with Crippen LogP contribution in [0.5, 0.6) is 0 Å². The highest BCUT2D eigenvalue weighted by atomic mass is 16.6. The summed E-state index contributed by atoms with van der Waals surface area (Å²) in [4.78, 5) is 26.5. The maximum atomic E-state index is 11.8. The van der Waals surface area contributed by atoms with Crippen molar-refractivity contribution in [1.82, 2.24) is 14.8 Å². The van der Waals surface area contributed by atoms with Crippen molar-refractivity contribution in [2.24, 2.45) is 0 Å². The van der Waals surface area contributed by atoms with Crippen molar-refractivity contribution in [3.63, 3.8) is 0 Å². The summed E-state index contributed by atoms with van der Waals surface area (Å²) in [6.07, 6.45) is 1.51. The van der Waals surface area contributed by atoms with Gasteiger partial charge < -0.3 is 4.74 Å². The topological polar surface area (TPSA) is 100 Å². The summed E-state index contributed by atoms with van der Waals surface area (Å²) >= 11 is 0. The van der Waals surface area contributed by atoms with Crippen LogP contribution in [-0.2, 0) is 16.1 Å². The Kier molecular flexibility index (Phi) is 3.58. The van der Waals surface area contributed by atoms with Crippen LogP contribution in [0.1, 0.15) is 24.6 Å². The normalized spacial score (nSPS) is 16.9. The first kappa shape index (κ1) is 14.2. The van der Waals surface area contributed by atoms with E-state index in [1.54, 1.807) is 16.8 Å². The van der Waals surface area contributed by atoms with E-state index in [-0.39, 0.29) is 11.7 Å². The van der Waals surface area contributed by atoms with Crippen LogP contribution in [0.25, 0.3) is 11.4 Å². The molecule has 0 fully saturated rings. The lowest BCUT2D eigenvalue weighted by Gasteiger charge is -2.19. The second-order valence-corrected chi connectivity index (χ2v) is 5.04. The minimum absolute atomic E-state index is 0.0140. The van der Waals surface area contributed by atoms with Crippen LogP contribution in [0.2, 0.25) is 0 Å². The Morgan fingerprint density at radius 1 is 1.41 bits per heavy atom. The fraction of sp³-hybridized carbons (Fsp3) is 0.357. The Morgan fingerprint density at radius 2 is 2.14 bits per heavy atom. The van der Waals surface area contributed by atoms with Crippen molar-refractivity contribution >= 4 is 11.7 Å². The number of nitrogens with zero attached hydrogens (tertiary/aromatic N) is 4. The molecule has 1 aliphatic heterocycles. The molecule has 0 amide bonds. The summed E-state index contributed by atoms with van der Waals surface area (Å²) in [5, 5.41) is 15.1. The summed E-state index contributed by atoms with van der Waals surface area (Å²) in [5.74, 6) is 0.328. The van der Waals surface area contributed by atoms with Crippen molar-refractivity contribution in [2.45, 2.75) is 25.3 Å². The SMILES string of the molecule is COC(=O)C1CCCn2nc(-c3ccc([N+](=O)[O-])cc3)nc21. The smallest absolute Gasteiger partial charge is 0.316 e. The molecule has 0 aliphatic carbocycles. The van der Waals surface area contributed by atoms with Gasteiger partial charge in [0.2, 0.25) is 0 Å². The molecule has 1 aliphatic rings. The van der Waals surface area contributed by atoms with Gasteiger partial charge >= 0.3 is 5.97 Å². The second kappa shape index (κ2) is 5.55. The van der Waals surface area contributed by atoms with Crippen LogP contribution in [0, 0.1) is 10.1 Å². The number of ether oxygens (including phenoxy) is 1. The highest BCUT2D eigenvalue weighted by molar-refractivity contribution is 5.77. The Morgan fingerprint density at radius 3 is 2.77 bits per heavy atom. The number of methoxy groups -OCH3 is 1. The molecule has 0 saturated carbocycles. The Bertz CT molecular complexity index is 723. The summed E-state index contributed by atoms with van der Waals surface area (Å²) in [6, 6.07) is 6.03. The van der Waals surface area contributed by atoms with E-state index in [0.717, 1.165) is 6.42 Å². The van der Waals surface area contributed by atoms with Crippen LogP contribution >= 0.6 is 0 Å². The number of carbonyl (C=O) groups is 1.